The second kappa shape index (κ2) is 8.14. The number of hydrogen-bond acceptors (Lipinski definition) is 5. The highest BCUT2D eigenvalue weighted by molar-refractivity contribution is 5.94. The van der Waals surface area contributed by atoms with Crippen LogP contribution in [0.15, 0.2) is 30.5 Å². The molecule has 0 unspecified atom stereocenters. The fourth-order valence-corrected chi connectivity index (χ4v) is 2.95. The SMILES string of the molecule is CCOC(=O)c1cnn(-c2ccc(C(=O)NC[C@@H]3CCCO3)cc2)c1C. The minimum atomic E-state index is -0.388. The largest absolute Gasteiger partial charge is 0.462 e. The molecule has 1 aromatic heterocycles. The molecule has 2 heterocycles. The van der Waals surface area contributed by atoms with Gasteiger partial charge in [0.2, 0.25) is 0 Å². The number of carbonyl (C=O) groups is 2. The molecule has 0 saturated carbocycles. The van der Waals surface area contributed by atoms with Crippen LogP contribution in [0.4, 0.5) is 0 Å². The van der Waals surface area contributed by atoms with E-state index in [2.05, 4.69) is 10.4 Å². The van der Waals surface area contributed by atoms with E-state index in [-0.39, 0.29) is 18.0 Å². The minimum Gasteiger partial charge on any atom is -0.462 e. The molecule has 0 radical (unpaired) electrons. The Balaban J connectivity index is 1.67. The van der Waals surface area contributed by atoms with Gasteiger partial charge in [0, 0.05) is 18.7 Å². The smallest absolute Gasteiger partial charge is 0.341 e. The number of benzene rings is 1. The Labute approximate surface area is 152 Å². The molecule has 3 rings (SSSR count). The molecule has 1 aromatic carbocycles. The average Bonchev–Trinajstić information content (AvgIpc) is 3.29. The normalized spacial score (nSPS) is 16.5. The Morgan fingerprint density at radius 3 is 2.77 bits per heavy atom. The van der Waals surface area contributed by atoms with Gasteiger partial charge in [0.1, 0.15) is 5.56 Å². The second-order valence-corrected chi connectivity index (χ2v) is 6.17. The van der Waals surface area contributed by atoms with Crippen molar-refractivity contribution in [1.82, 2.24) is 15.1 Å². The lowest BCUT2D eigenvalue weighted by molar-refractivity contribution is 0.0525. The molecule has 7 heteroatoms. The maximum absolute atomic E-state index is 12.2. The van der Waals surface area contributed by atoms with E-state index in [1.54, 1.807) is 35.9 Å². The third-order valence-corrected chi connectivity index (χ3v) is 4.39. The first-order valence-electron chi connectivity index (χ1n) is 8.82. The molecule has 1 aliphatic heterocycles. The molecule has 7 nitrogen and oxygen atoms in total. The van der Waals surface area contributed by atoms with Crippen LogP contribution >= 0.6 is 0 Å². The van der Waals surface area contributed by atoms with E-state index in [1.165, 1.54) is 6.20 Å². The second-order valence-electron chi connectivity index (χ2n) is 6.17. The Morgan fingerprint density at radius 2 is 2.12 bits per heavy atom. The van der Waals surface area contributed by atoms with Crippen molar-refractivity contribution in [3.05, 3.63) is 47.3 Å². The van der Waals surface area contributed by atoms with Crippen LogP contribution in [0.5, 0.6) is 0 Å². The molecule has 1 amide bonds. The van der Waals surface area contributed by atoms with Gasteiger partial charge in [-0.25, -0.2) is 9.48 Å². The summed E-state index contributed by atoms with van der Waals surface area (Å²) in [5, 5.41) is 7.15. The van der Waals surface area contributed by atoms with Crippen molar-refractivity contribution in [2.45, 2.75) is 32.8 Å². The summed E-state index contributed by atoms with van der Waals surface area (Å²) in [6.07, 6.45) is 3.65. The predicted molar refractivity (Wildman–Crippen MR) is 95.6 cm³/mol. The lowest BCUT2D eigenvalue weighted by Gasteiger charge is -2.11. The Hall–Kier alpha value is -2.67. The minimum absolute atomic E-state index is 0.117. The lowest BCUT2D eigenvalue weighted by Crippen LogP contribution is -2.31. The summed E-state index contributed by atoms with van der Waals surface area (Å²) in [7, 11) is 0. The maximum atomic E-state index is 12.2. The zero-order valence-corrected chi connectivity index (χ0v) is 15.0. The summed E-state index contributed by atoms with van der Waals surface area (Å²) in [4.78, 5) is 24.1. The summed E-state index contributed by atoms with van der Waals surface area (Å²) >= 11 is 0. The number of ether oxygens (including phenoxy) is 2. The van der Waals surface area contributed by atoms with E-state index in [9.17, 15) is 9.59 Å². The number of hydrogen-bond donors (Lipinski definition) is 1. The number of aromatic nitrogens is 2. The van der Waals surface area contributed by atoms with Crippen LogP contribution in [0.25, 0.3) is 5.69 Å². The van der Waals surface area contributed by atoms with Crippen molar-refractivity contribution in [2.75, 3.05) is 19.8 Å². The Bertz CT molecular complexity index is 777. The zero-order valence-electron chi connectivity index (χ0n) is 15.0. The van der Waals surface area contributed by atoms with Crippen LogP contribution in [0.3, 0.4) is 0 Å². The summed E-state index contributed by atoms with van der Waals surface area (Å²) < 4.78 is 12.2. The monoisotopic (exact) mass is 357 g/mol. The number of amides is 1. The fraction of sp³-hybridized carbons (Fsp3) is 0.421. The lowest BCUT2D eigenvalue weighted by atomic mass is 10.1. The van der Waals surface area contributed by atoms with Gasteiger partial charge in [0.15, 0.2) is 0 Å². The number of esters is 1. The van der Waals surface area contributed by atoms with E-state index in [1.807, 2.05) is 6.92 Å². The van der Waals surface area contributed by atoms with Gasteiger partial charge < -0.3 is 14.8 Å². The number of carbonyl (C=O) groups excluding carboxylic acids is 2. The molecule has 1 aliphatic rings. The zero-order chi connectivity index (χ0) is 18.5. The van der Waals surface area contributed by atoms with Gasteiger partial charge in [-0.2, -0.15) is 5.10 Å². The van der Waals surface area contributed by atoms with Crippen LogP contribution in [0.2, 0.25) is 0 Å². The molecule has 0 bridgehead atoms. The summed E-state index contributed by atoms with van der Waals surface area (Å²) in [6.45, 7) is 5.19. The highest BCUT2D eigenvalue weighted by Crippen LogP contribution is 2.16. The van der Waals surface area contributed by atoms with Crippen molar-refractivity contribution in [2.24, 2.45) is 0 Å². The van der Waals surface area contributed by atoms with Gasteiger partial charge >= 0.3 is 5.97 Å². The first-order valence-corrected chi connectivity index (χ1v) is 8.82. The topological polar surface area (TPSA) is 82.5 Å². The summed E-state index contributed by atoms with van der Waals surface area (Å²) in [5.41, 5.74) is 2.47. The van der Waals surface area contributed by atoms with Crippen LogP contribution in [0.1, 0.15) is 46.2 Å². The van der Waals surface area contributed by atoms with Gasteiger partial charge in [0.25, 0.3) is 5.91 Å². The molecule has 1 fully saturated rings. The third-order valence-electron chi connectivity index (χ3n) is 4.39. The van der Waals surface area contributed by atoms with Gasteiger partial charge in [0.05, 0.1) is 30.3 Å². The molecule has 0 aliphatic carbocycles. The van der Waals surface area contributed by atoms with Gasteiger partial charge in [-0.15, -0.1) is 0 Å². The highest BCUT2D eigenvalue weighted by Gasteiger charge is 2.18. The van der Waals surface area contributed by atoms with Gasteiger partial charge in [-0.3, -0.25) is 4.79 Å². The van der Waals surface area contributed by atoms with E-state index in [4.69, 9.17) is 9.47 Å². The predicted octanol–water partition coefficient (Wildman–Crippen LogP) is 2.27. The first-order chi connectivity index (χ1) is 12.6. The summed E-state index contributed by atoms with van der Waals surface area (Å²) in [6, 6.07) is 7.09. The maximum Gasteiger partial charge on any atom is 0.341 e. The molecule has 2 aromatic rings. The Morgan fingerprint density at radius 1 is 1.35 bits per heavy atom. The van der Waals surface area contributed by atoms with Gasteiger partial charge in [-0.05, 0) is 51.0 Å². The van der Waals surface area contributed by atoms with Crippen LogP contribution < -0.4 is 5.32 Å². The number of nitrogens with one attached hydrogen (secondary N) is 1. The van der Waals surface area contributed by atoms with E-state index in [0.29, 0.717) is 30.0 Å². The van der Waals surface area contributed by atoms with Crippen molar-refractivity contribution < 1.29 is 19.1 Å². The molecule has 26 heavy (non-hydrogen) atoms. The molecular weight excluding hydrogens is 334 g/mol. The molecular formula is C19H23N3O4. The van der Waals surface area contributed by atoms with Crippen LogP contribution in [-0.4, -0.2) is 47.5 Å². The van der Waals surface area contributed by atoms with Crippen LogP contribution in [-0.2, 0) is 9.47 Å². The number of nitrogens with zero attached hydrogens (tertiary/aromatic N) is 2. The van der Waals surface area contributed by atoms with E-state index in [0.717, 1.165) is 25.1 Å². The van der Waals surface area contributed by atoms with Crippen LogP contribution in [0, 0.1) is 6.92 Å². The third kappa shape index (κ3) is 3.94. The van der Waals surface area contributed by atoms with E-state index >= 15 is 0 Å². The average molecular weight is 357 g/mol. The molecule has 1 atom stereocenters. The van der Waals surface area contributed by atoms with Crippen molar-refractivity contribution in [3.63, 3.8) is 0 Å². The highest BCUT2D eigenvalue weighted by atomic mass is 16.5. The summed E-state index contributed by atoms with van der Waals surface area (Å²) in [5.74, 6) is -0.516. The standard InChI is InChI=1S/C19H23N3O4/c1-3-25-19(24)17-12-21-22(13(17)2)15-8-6-14(7-9-15)18(23)20-11-16-5-4-10-26-16/h6-9,12,16H,3-5,10-11H2,1-2H3,(H,20,23)/t16-/m0/s1. The van der Waals surface area contributed by atoms with Crippen molar-refractivity contribution in [3.8, 4) is 5.69 Å². The van der Waals surface area contributed by atoms with E-state index < -0.39 is 0 Å². The van der Waals surface area contributed by atoms with Crippen molar-refractivity contribution >= 4 is 11.9 Å². The molecule has 1 saturated heterocycles. The molecule has 138 valence electrons. The van der Waals surface area contributed by atoms with Crippen molar-refractivity contribution in [1.29, 1.82) is 0 Å². The quantitative estimate of drug-likeness (QED) is 0.802. The molecule has 0 spiro atoms. The fourth-order valence-electron chi connectivity index (χ4n) is 2.95. The first kappa shape index (κ1) is 18.1. The Kier molecular flexibility index (Phi) is 5.68. The van der Waals surface area contributed by atoms with Gasteiger partial charge in [-0.1, -0.05) is 0 Å². The molecule has 1 N–H and O–H groups in total. The number of rotatable bonds is 6.